The van der Waals surface area contributed by atoms with Crippen molar-refractivity contribution in [1.82, 2.24) is 4.90 Å². The molecular weight excluding hydrogens is 422 g/mol. The molecule has 3 rings (SSSR count). The molecule has 0 radical (unpaired) electrons. The molecule has 2 aromatic rings. The Balaban J connectivity index is 1.83. The predicted octanol–water partition coefficient (Wildman–Crippen LogP) is 4.49. The molecule has 2 atom stereocenters. The number of amides is 1. The molecule has 0 bridgehead atoms. The molecule has 0 saturated carbocycles. The molecule has 1 saturated heterocycles. The van der Waals surface area contributed by atoms with Crippen LogP contribution in [-0.4, -0.2) is 47.7 Å². The lowest BCUT2D eigenvalue weighted by molar-refractivity contribution is -0.142. The molecule has 0 aromatic heterocycles. The Morgan fingerprint density at radius 2 is 1.70 bits per heavy atom. The smallest absolute Gasteiger partial charge is 0.309 e. The predicted molar refractivity (Wildman–Crippen MR) is 125 cm³/mol. The number of aliphatic carboxylic acids is 1. The van der Waals surface area contributed by atoms with Crippen molar-refractivity contribution in [2.24, 2.45) is 5.92 Å². The van der Waals surface area contributed by atoms with Crippen LogP contribution < -0.4 is 14.2 Å². The van der Waals surface area contributed by atoms with Gasteiger partial charge < -0.3 is 24.2 Å². The number of methoxy groups -OCH3 is 1. The summed E-state index contributed by atoms with van der Waals surface area (Å²) in [7, 11) is 1.55. The molecule has 7 nitrogen and oxygen atoms in total. The van der Waals surface area contributed by atoms with Crippen molar-refractivity contribution in [3.8, 4) is 17.2 Å². The van der Waals surface area contributed by atoms with E-state index in [1.165, 1.54) is 0 Å². The average molecular weight is 456 g/mol. The minimum atomic E-state index is -0.979. The Morgan fingerprint density at radius 3 is 2.27 bits per heavy atom. The highest BCUT2D eigenvalue weighted by atomic mass is 16.5. The second-order valence-electron chi connectivity index (χ2n) is 8.82. The van der Waals surface area contributed by atoms with E-state index >= 15 is 0 Å². The molecule has 178 valence electrons. The fourth-order valence-electron chi connectivity index (χ4n) is 4.16. The van der Waals surface area contributed by atoms with Crippen molar-refractivity contribution in [2.75, 3.05) is 13.7 Å². The van der Waals surface area contributed by atoms with Gasteiger partial charge in [-0.25, -0.2) is 0 Å². The lowest BCUT2D eigenvalue weighted by Crippen LogP contribution is -2.32. The maximum Gasteiger partial charge on any atom is 0.309 e. The molecule has 0 aliphatic carbocycles. The third-order valence-corrected chi connectivity index (χ3v) is 5.58. The Hall–Kier alpha value is -3.22. The summed E-state index contributed by atoms with van der Waals surface area (Å²) in [5.74, 6) is -0.0549. The topological polar surface area (TPSA) is 85.3 Å². The van der Waals surface area contributed by atoms with Crippen LogP contribution in [0.25, 0.3) is 0 Å². The highest BCUT2D eigenvalue weighted by molar-refractivity contribution is 5.87. The fourth-order valence-corrected chi connectivity index (χ4v) is 4.16. The van der Waals surface area contributed by atoms with Gasteiger partial charge in [0, 0.05) is 13.0 Å². The number of hydrogen-bond donors (Lipinski definition) is 1. The van der Waals surface area contributed by atoms with Gasteiger partial charge in [0.1, 0.15) is 5.75 Å². The maximum absolute atomic E-state index is 12.8. The molecule has 1 amide bonds. The third kappa shape index (κ3) is 5.97. The van der Waals surface area contributed by atoms with Gasteiger partial charge in [0.2, 0.25) is 5.91 Å². The van der Waals surface area contributed by atoms with Crippen LogP contribution in [0.15, 0.2) is 42.5 Å². The number of nitrogens with zero attached hydrogens (tertiary/aromatic N) is 1. The summed E-state index contributed by atoms with van der Waals surface area (Å²) in [6.45, 7) is 8.22. The average Bonchev–Trinajstić information content (AvgIpc) is 3.09. The summed E-state index contributed by atoms with van der Waals surface area (Å²) in [6, 6.07) is 12.6. The summed E-state index contributed by atoms with van der Waals surface area (Å²) in [6.07, 6.45) is 0.662. The van der Waals surface area contributed by atoms with E-state index in [0.717, 1.165) is 16.9 Å². The summed E-state index contributed by atoms with van der Waals surface area (Å²) in [5.41, 5.74) is 1.77. The first-order valence-corrected chi connectivity index (χ1v) is 11.3. The quantitative estimate of drug-likeness (QED) is 0.568. The van der Waals surface area contributed by atoms with Crippen molar-refractivity contribution in [3.05, 3.63) is 53.6 Å². The van der Waals surface area contributed by atoms with Crippen LogP contribution >= 0.6 is 0 Å². The Morgan fingerprint density at radius 1 is 1.03 bits per heavy atom. The van der Waals surface area contributed by atoms with Crippen molar-refractivity contribution in [1.29, 1.82) is 0 Å². The van der Waals surface area contributed by atoms with Gasteiger partial charge in [0.15, 0.2) is 11.5 Å². The van der Waals surface area contributed by atoms with Crippen LogP contribution in [0.4, 0.5) is 0 Å². The SMILES string of the molecule is COc1cc([C@@H]2[C@@H](C(=O)O)CC(=O)N2CCc2ccc(OC(C)C)cc2)ccc1OC(C)C. The Labute approximate surface area is 195 Å². The number of ether oxygens (including phenoxy) is 3. The van der Waals surface area contributed by atoms with Crippen molar-refractivity contribution >= 4 is 11.9 Å². The van der Waals surface area contributed by atoms with E-state index in [0.29, 0.717) is 24.5 Å². The van der Waals surface area contributed by atoms with Gasteiger partial charge >= 0.3 is 5.97 Å². The standard InChI is InChI=1S/C26H33NO6/c1-16(2)32-20-9-6-18(7-10-20)12-13-27-24(28)15-21(26(29)30)25(27)19-8-11-22(33-17(3)4)23(14-19)31-5/h6-11,14,16-17,21,25H,12-13,15H2,1-5H3,(H,29,30)/t21-,25+/m0/s1. The van der Waals surface area contributed by atoms with Crippen LogP contribution in [-0.2, 0) is 16.0 Å². The summed E-state index contributed by atoms with van der Waals surface area (Å²) in [5, 5.41) is 9.82. The number of hydrogen-bond acceptors (Lipinski definition) is 5. The highest BCUT2D eigenvalue weighted by Crippen LogP contribution is 2.41. The normalized spacial score (nSPS) is 18.2. The fraction of sp³-hybridized carbons (Fsp3) is 0.462. The molecule has 1 N–H and O–H groups in total. The van der Waals surface area contributed by atoms with Gasteiger partial charge in [-0.3, -0.25) is 9.59 Å². The van der Waals surface area contributed by atoms with Crippen LogP contribution in [0, 0.1) is 5.92 Å². The van der Waals surface area contributed by atoms with Gasteiger partial charge in [0.05, 0.1) is 31.3 Å². The van der Waals surface area contributed by atoms with Crippen LogP contribution in [0.5, 0.6) is 17.2 Å². The third-order valence-electron chi connectivity index (χ3n) is 5.58. The molecule has 1 fully saturated rings. The number of likely N-dealkylation sites (tertiary alicyclic amines) is 1. The first-order valence-electron chi connectivity index (χ1n) is 11.3. The van der Waals surface area contributed by atoms with Crippen molar-refractivity contribution < 1.29 is 28.9 Å². The lowest BCUT2D eigenvalue weighted by atomic mass is 9.93. The zero-order valence-corrected chi connectivity index (χ0v) is 19.9. The minimum Gasteiger partial charge on any atom is -0.493 e. The molecule has 0 unspecified atom stereocenters. The van der Waals surface area contributed by atoms with Crippen molar-refractivity contribution in [2.45, 2.75) is 58.8 Å². The second-order valence-corrected chi connectivity index (χ2v) is 8.82. The van der Waals surface area contributed by atoms with Crippen LogP contribution in [0.2, 0.25) is 0 Å². The van der Waals surface area contributed by atoms with E-state index < -0.39 is 17.9 Å². The molecule has 1 aliphatic rings. The monoisotopic (exact) mass is 455 g/mol. The molecular formula is C26H33NO6. The first kappa shape index (κ1) is 24.4. The molecule has 0 spiro atoms. The van der Waals surface area contributed by atoms with Gasteiger partial charge in [-0.2, -0.15) is 0 Å². The molecule has 1 heterocycles. The second kappa shape index (κ2) is 10.6. The van der Waals surface area contributed by atoms with E-state index in [-0.39, 0.29) is 24.5 Å². The van der Waals surface area contributed by atoms with Gasteiger partial charge in [-0.1, -0.05) is 18.2 Å². The molecule has 1 aliphatic heterocycles. The van der Waals surface area contributed by atoms with Gasteiger partial charge in [-0.05, 0) is 69.5 Å². The number of carboxylic acids is 1. The minimum absolute atomic E-state index is 0.0201. The van der Waals surface area contributed by atoms with Gasteiger partial charge in [-0.15, -0.1) is 0 Å². The summed E-state index contributed by atoms with van der Waals surface area (Å²) in [4.78, 5) is 26.5. The largest absolute Gasteiger partial charge is 0.493 e. The zero-order valence-electron chi connectivity index (χ0n) is 19.9. The lowest BCUT2D eigenvalue weighted by Gasteiger charge is -2.28. The van der Waals surface area contributed by atoms with E-state index in [1.54, 1.807) is 24.1 Å². The maximum atomic E-state index is 12.8. The van der Waals surface area contributed by atoms with Gasteiger partial charge in [0.25, 0.3) is 0 Å². The number of carbonyl (C=O) groups is 2. The highest BCUT2D eigenvalue weighted by Gasteiger charge is 2.44. The zero-order chi connectivity index (χ0) is 24.1. The Bertz CT molecular complexity index is 969. The summed E-state index contributed by atoms with van der Waals surface area (Å²) < 4.78 is 17.0. The molecule has 7 heteroatoms. The van der Waals surface area contributed by atoms with Crippen LogP contribution in [0.1, 0.15) is 51.3 Å². The number of benzene rings is 2. The number of carbonyl (C=O) groups excluding carboxylic acids is 1. The van der Waals surface area contributed by atoms with Crippen LogP contribution in [0.3, 0.4) is 0 Å². The van der Waals surface area contributed by atoms with Crippen molar-refractivity contribution in [3.63, 3.8) is 0 Å². The molecule has 2 aromatic carbocycles. The number of carboxylic acid groups (broad SMARTS) is 1. The van der Waals surface area contributed by atoms with E-state index in [1.807, 2.05) is 58.0 Å². The molecule has 33 heavy (non-hydrogen) atoms. The number of rotatable bonds is 10. The summed E-state index contributed by atoms with van der Waals surface area (Å²) >= 11 is 0. The Kier molecular flexibility index (Phi) is 7.84. The van der Waals surface area contributed by atoms with E-state index in [2.05, 4.69) is 0 Å². The van der Waals surface area contributed by atoms with E-state index in [4.69, 9.17) is 14.2 Å². The first-order chi connectivity index (χ1) is 15.7. The van der Waals surface area contributed by atoms with E-state index in [9.17, 15) is 14.7 Å².